The van der Waals surface area contributed by atoms with Crippen LogP contribution >= 0.6 is 0 Å². The lowest BCUT2D eigenvalue weighted by Crippen LogP contribution is -2.36. The van der Waals surface area contributed by atoms with E-state index < -0.39 is 11.9 Å². The monoisotopic (exact) mass is 271 g/mol. The Hall–Kier alpha value is -2.14. The van der Waals surface area contributed by atoms with Crippen LogP contribution in [-0.2, 0) is 24.9 Å². The highest BCUT2D eigenvalue weighted by Crippen LogP contribution is 2.29. The lowest BCUT2D eigenvalue weighted by molar-refractivity contribution is -0.139. The smallest absolute Gasteiger partial charge is 0.312 e. The molecule has 0 saturated heterocycles. The van der Waals surface area contributed by atoms with E-state index >= 15 is 0 Å². The molecule has 0 aliphatic carbocycles. The van der Waals surface area contributed by atoms with Gasteiger partial charge in [0.15, 0.2) is 0 Å². The molecule has 1 unspecified atom stereocenters. The van der Waals surface area contributed by atoms with Gasteiger partial charge in [-0.2, -0.15) is 5.10 Å². The van der Waals surface area contributed by atoms with E-state index in [0.717, 1.165) is 23.4 Å². The molecule has 1 atom stereocenters. The number of aliphatic carboxylic acids is 1. The number of carbonyl (C=O) groups is 1. The third-order valence-corrected chi connectivity index (χ3v) is 3.72. The van der Waals surface area contributed by atoms with Crippen LogP contribution in [-0.4, -0.2) is 32.3 Å². The van der Waals surface area contributed by atoms with Crippen LogP contribution in [0.4, 0.5) is 0 Å². The number of benzene rings is 1. The molecule has 0 fully saturated rings. The number of carboxylic acids is 1. The van der Waals surface area contributed by atoms with Crippen molar-refractivity contribution >= 4 is 5.97 Å². The molecule has 104 valence electrons. The van der Waals surface area contributed by atoms with Gasteiger partial charge in [-0.05, 0) is 17.2 Å². The van der Waals surface area contributed by atoms with Gasteiger partial charge in [-0.1, -0.05) is 24.3 Å². The largest absolute Gasteiger partial charge is 0.481 e. The van der Waals surface area contributed by atoms with Crippen molar-refractivity contribution in [3.8, 4) is 0 Å². The first kappa shape index (κ1) is 12.9. The SMILES string of the molecule is Cn1ccc(CN2Cc3ccccc3C(C(=O)O)C2)n1. The number of nitrogens with zero attached hydrogens (tertiary/aromatic N) is 3. The topological polar surface area (TPSA) is 58.4 Å². The molecule has 0 radical (unpaired) electrons. The number of aryl methyl sites for hydroxylation is 1. The molecule has 1 aliphatic rings. The summed E-state index contributed by atoms with van der Waals surface area (Å²) in [5, 5.41) is 13.8. The molecule has 1 aliphatic heterocycles. The van der Waals surface area contributed by atoms with E-state index in [-0.39, 0.29) is 0 Å². The standard InChI is InChI=1S/C15H17N3O2/c1-17-7-6-12(16-17)9-18-8-11-4-2-3-5-13(11)14(10-18)15(19)20/h2-7,14H,8-10H2,1H3,(H,19,20). The van der Waals surface area contributed by atoms with Gasteiger partial charge in [0.25, 0.3) is 0 Å². The van der Waals surface area contributed by atoms with E-state index in [1.165, 1.54) is 0 Å². The van der Waals surface area contributed by atoms with Gasteiger partial charge in [0.2, 0.25) is 0 Å². The molecule has 3 rings (SSSR count). The highest BCUT2D eigenvalue weighted by atomic mass is 16.4. The number of hydrogen-bond donors (Lipinski definition) is 1. The fraction of sp³-hybridized carbons (Fsp3) is 0.333. The van der Waals surface area contributed by atoms with Gasteiger partial charge in [0, 0.05) is 32.9 Å². The maximum Gasteiger partial charge on any atom is 0.312 e. The van der Waals surface area contributed by atoms with Crippen LogP contribution in [0.5, 0.6) is 0 Å². The highest BCUT2D eigenvalue weighted by Gasteiger charge is 2.30. The van der Waals surface area contributed by atoms with Crippen molar-refractivity contribution < 1.29 is 9.90 Å². The summed E-state index contributed by atoms with van der Waals surface area (Å²) in [7, 11) is 1.88. The van der Waals surface area contributed by atoms with Crippen molar-refractivity contribution in [1.29, 1.82) is 0 Å². The Morgan fingerprint density at radius 1 is 1.40 bits per heavy atom. The van der Waals surface area contributed by atoms with Crippen LogP contribution in [0.2, 0.25) is 0 Å². The zero-order chi connectivity index (χ0) is 14.1. The van der Waals surface area contributed by atoms with Crippen molar-refractivity contribution in [2.75, 3.05) is 6.54 Å². The minimum atomic E-state index is -0.761. The van der Waals surface area contributed by atoms with Gasteiger partial charge in [0.05, 0.1) is 11.6 Å². The number of fused-ring (bicyclic) bond motifs is 1. The summed E-state index contributed by atoms with van der Waals surface area (Å²) < 4.78 is 1.77. The van der Waals surface area contributed by atoms with E-state index in [2.05, 4.69) is 10.00 Å². The van der Waals surface area contributed by atoms with E-state index in [9.17, 15) is 9.90 Å². The van der Waals surface area contributed by atoms with Crippen molar-refractivity contribution in [2.45, 2.75) is 19.0 Å². The Bertz CT molecular complexity index is 636. The summed E-state index contributed by atoms with van der Waals surface area (Å²) in [4.78, 5) is 13.6. The van der Waals surface area contributed by atoms with Crippen molar-refractivity contribution in [3.63, 3.8) is 0 Å². The normalized spacial score (nSPS) is 18.8. The molecule has 0 bridgehead atoms. The number of rotatable bonds is 3. The molecule has 1 aromatic carbocycles. The number of aromatic nitrogens is 2. The van der Waals surface area contributed by atoms with Crippen LogP contribution in [0, 0.1) is 0 Å². The molecule has 2 heterocycles. The minimum absolute atomic E-state index is 0.455. The third kappa shape index (κ3) is 2.44. The maximum atomic E-state index is 11.5. The third-order valence-electron chi connectivity index (χ3n) is 3.72. The number of hydrogen-bond acceptors (Lipinski definition) is 3. The summed E-state index contributed by atoms with van der Waals surface area (Å²) in [6.45, 7) is 1.98. The minimum Gasteiger partial charge on any atom is -0.481 e. The van der Waals surface area contributed by atoms with Gasteiger partial charge in [-0.3, -0.25) is 14.4 Å². The predicted octanol–water partition coefficient (Wildman–Crippen LogP) is 1.60. The van der Waals surface area contributed by atoms with Gasteiger partial charge >= 0.3 is 5.97 Å². The Balaban J connectivity index is 1.84. The summed E-state index contributed by atoms with van der Waals surface area (Å²) in [6.07, 6.45) is 1.90. The van der Waals surface area contributed by atoms with Crippen LogP contribution in [0.3, 0.4) is 0 Å². The first-order valence-electron chi connectivity index (χ1n) is 6.65. The van der Waals surface area contributed by atoms with Gasteiger partial charge < -0.3 is 5.11 Å². The molecule has 0 amide bonds. The average molecular weight is 271 g/mol. The van der Waals surface area contributed by atoms with Crippen LogP contribution in [0.15, 0.2) is 36.5 Å². The Labute approximate surface area is 117 Å². The predicted molar refractivity (Wildman–Crippen MR) is 74.1 cm³/mol. The summed E-state index contributed by atoms with van der Waals surface area (Å²) >= 11 is 0. The zero-order valence-corrected chi connectivity index (χ0v) is 11.4. The molecule has 0 spiro atoms. The molecule has 0 saturated carbocycles. The van der Waals surface area contributed by atoms with E-state index in [1.807, 2.05) is 43.6 Å². The molecular weight excluding hydrogens is 254 g/mol. The summed E-state index contributed by atoms with van der Waals surface area (Å²) in [5.74, 6) is -1.22. The fourth-order valence-corrected chi connectivity index (χ4v) is 2.79. The lowest BCUT2D eigenvalue weighted by Gasteiger charge is -2.32. The molecule has 1 aromatic heterocycles. The molecule has 5 heteroatoms. The maximum absolute atomic E-state index is 11.5. The lowest BCUT2D eigenvalue weighted by atomic mass is 9.90. The summed E-state index contributed by atoms with van der Waals surface area (Å²) in [6, 6.07) is 9.77. The van der Waals surface area contributed by atoms with Gasteiger partial charge in [-0.15, -0.1) is 0 Å². The van der Waals surface area contributed by atoms with E-state index in [0.29, 0.717) is 13.1 Å². The van der Waals surface area contributed by atoms with Crippen LogP contribution in [0.25, 0.3) is 0 Å². The van der Waals surface area contributed by atoms with Crippen molar-refractivity contribution in [2.24, 2.45) is 7.05 Å². The number of carboxylic acid groups (broad SMARTS) is 1. The Kier molecular flexibility index (Phi) is 3.28. The molecule has 5 nitrogen and oxygen atoms in total. The second kappa shape index (κ2) is 5.09. The first-order chi connectivity index (χ1) is 9.63. The highest BCUT2D eigenvalue weighted by molar-refractivity contribution is 5.77. The quantitative estimate of drug-likeness (QED) is 0.921. The van der Waals surface area contributed by atoms with Gasteiger partial charge in [-0.25, -0.2) is 0 Å². The zero-order valence-electron chi connectivity index (χ0n) is 11.4. The van der Waals surface area contributed by atoms with Crippen molar-refractivity contribution in [3.05, 3.63) is 53.3 Å². The summed E-state index contributed by atoms with van der Waals surface area (Å²) in [5.41, 5.74) is 3.01. The average Bonchev–Trinajstić information content (AvgIpc) is 2.83. The van der Waals surface area contributed by atoms with E-state index in [1.54, 1.807) is 4.68 Å². The van der Waals surface area contributed by atoms with Crippen molar-refractivity contribution in [1.82, 2.24) is 14.7 Å². The molecule has 2 aromatic rings. The molecular formula is C15H17N3O2. The van der Waals surface area contributed by atoms with Crippen LogP contribution < -0.4 is 0 Å². The molecule has 20 heavy (non-hydrogen) atoms. The van der Waals surface area contributed by atoms with Crippen LogP contribution in [0.1, 0.15) is 22.7 Å². The Morgan fingerprint density at radius 2 is 2.20 bits per heavy atom. The fourth-order valence-electron chi connectivity index (χ4n) is 2.79. The van der Waals surface area contributed by atoms with Gasteiger partial charge in [0.1, 0.15) is 0 Å². The first-order valence-corrected chi connectivity index (χ1v) is 6.65. The second-order valence-electron chi connectivity index (χ2n) is 5.24. The Morgan fingerprint density at radius 3 is 2.90 bits per heavy atom. The molecule has 1 N–H and O–H groups in total. The van der Waals surface area contributed by atoms with E-state index in [4.69, 9.17) is 0 Å². The second-order valence-corrected chi connectivity index (χ2v) is 5.24.